The predicted molar refractivity (Wildman–Crippen MR) is 151 cm³/mol. The van der Waals surface area contributed by atoms with Crippen LogP contribution in [0.25, 0.3) is 10.8 Å². The second-order valence-electron chi connectivity index (χ2n) is 9.77. The van der Waals surface area contributed by atoms with E-state index < -0.39 is 16.1 Å². The number of nitrogens with zero attached hydrogens (tertiary/aromatic N) is 3. The molecule has 2 N–H and O–H groups in total. The van der Waals surface area contributed by atoms with E-state index >= 15 is 0 Å². The van der Waals surface area contributed by atoms with Crippen LogP contribution in [0.2, 0.25) is 0 Å². The Kier molecular flexibility index (Phi) is 8.09. The van der Waals surface area contributed by atoms with Crippen molar-refractivity contribution in [3.05, 3.63) is 102 Å². The van der Waals surface area contributed by atoms with E-state index in [1.54, 1.807) is 46.3 Å². The quantitative estimate of drug-likeness (QED) is 0.343. The molecule has 0 radical (unpaired) electrons. The highest BCUT2D eigenvalue weighted by atomic mass is 32.2. The number of aromatic hydroxyl groups is 1. The minimum Gasteiger partial charge on any atom is -0.508 e. The number of phenols is 1. The number of carbonyl (C=O) groups is 2. The molecule has 5 rings (SSSR count). The van der Waals surface area contributed by atoms with Crippen LogP contribution in [0.5, 0.6) is 5.75 Å². The van der Waals surface area contributed by atoms with E-state index in [4.69, 9.17) is 0 Å². The second kappa shape index (κ2) is 11.8. The van der Waals surface area contributed by atoms with E-state index in [0.717, 1.165) is 5.56 Å². The summed E-state index contributed by atoms with van der Waals surface area (Å²) in [5.74, 6) is -0.299. The number of pyridine rings is 1. The third-order valence-corrected chi connectivity index (χ3v) is 8.57. The molecule has 4 aromatic rings. The standard InChI is InChI=1S/C30H30N4O5S/c35-25-11-9-23(10-12-25)19-27(32-40(38,39)28-8-4-7-24-21-31-14-13-26(24)28)30(37)34-17-15-33(16-18-34)29(36)20-22-5-2-1-3-6-22/h1-14,21,27,32,35H,15-20H2. The zero-order chi connectivity index (χ0) is 28.1. The van der Waals surface area contributed by atoms with Crippen molar-refractivity contribution in [3.63, 3.8) is 0 Å². The maximum atomic E-state index is 13.7. The van der Waals surface area contributed by atoms with Crippen LogP contribution in [0, 0.1) is 0 Å². The van der Waals surface area contributed by atoms with Crippen LogP contribution >= 0.6 is 0 Å². The maximum absolute atomic E-state index is 13.7. The molecule has 1 unspecified atom stereocenters. The highest BCUT2D eigenvalue weighted by Crippen LogP contribution is 2.23. The molecule has 1 aliphatic rings. The molecule has 2 amide bonds. The molecule has 206 valence electrons. The van der Waals surface area contributed by atoms with Gasteiger partial charge in [-0.3, -0.25) is 14.6 Å². The largest absolute Gasteiger partial charge is 0.508 e. The van der Waals surface area contributed by atoms with Gasteiger partial charge in [-0.2, -0.15) is 4.72 Å². The topological polar surface area (TPSA) is 120 Å². The third kappa shape index (κ3) is 6.30. The molecule has 40 heavy (non-hydrogen) atoms. The smallest absolute Gasteiger partial charge is 0.241 e. The number of carbonyl (C=O) groups excluding carboxylic acids is 2. The zero-order valence-corrected chi connectivity index (χ0v) is 22.6. The maximum Gasteiger partial charge on any atom is 0.241 e. The summed E-state index contributed by atoms with van der Waals surface area (Å²) >= 11 is 0. The highest BCUT2D eigenvalue weighted by molar-refractivity contribution is 7.89. The summed E-state index contributed by atoms with van der Waals surface area (Å²) < 4.78 is 29.9. The summed E-state index contributed by atoms with van der Waals surface area (Å²) in [5.41, 5.74) is 1.62. The molecule has 0 aliphatic carbocycles. The average molecular weight is 559 g/mol. The molecule has 1 saturated heterocycles. The molecule has 0 bridgehead atoms. The van der Waals surface area contributed by atoms with Gasteiger partial charge >= 0.3 is 0 Å². The van der Waals surface area contributed by atoms with Crippen molar-refractivity contribution in [1.29, 1.82) is 0 Å². The van der Waals surface area contributed by atoms with Crippen LogP contribution in [0.4, 0.5) is 0 Å². The van der Waals surface area contributed by atoms with Gasteiger partial charge in [-0.25, -0.2) is 8.42 Å². The summed E-state index contributed by atoms with van der Waals surface area (Å²) in [6.45, 7) is 1.33. The molecule has 1 aromatic heterocycles. The van der Waals surface area contributed by atoms with E-state index in [0.29, 0.717) is 48.9 Å². The number of hydrogen-bond donors (Lipinski definition) is 2. The van der Waals surface area contributed by atoms with Crippen LogP contribution in [0.3, 0.4) is 0 Å². The zero-order valence-electron chi connectivity index (χ0n) is 21.8. The third-order valence-electron chi connectivity index (χ3n) is 7.04. The monoisotopic (exact) mass is 558 g/mol. The van der Waals surface area contributed by atoms with E-state index in [2.05, 4.69) is 9.71 Å². The van der Waals surface area contributed by atoms with Crippen LogP contribution in [-0.2, 0) is 32.5 Å². The number of sulfonamides is 1. The van der Waals surface area contributed by atoms with Crippen molar-refractivity contribution < 1.29 is 23.1 Å². The lowest BCUT2D eigenvalue weighted by atomic mass is 10.0. The normalized spacial score (nSPS) is 14.7. The van der Waals surface area contributed by atoms with Gasteiger partial charge in [-0.15, -0.1) is 0 Å². The number of rotatable bonds is 8. The van der Waals surface area contributed by atoms with Crippen molar-refractivity contribution >= 4 is 32.6 Å². The van der Waals surface area contributed by atoms with Crippen molar-refractivity contribution in [2.75, 3.05) is 26.2 Å². The number of nitrogens with one attached hydrogen (secondary N) is 1. The first-order valence-electron chi connectivity index (χ1n) is 13.0. The van der Waals surface area contributed by atoms with Crippen molar-refractivity contribution in [1.82, 2.24) is 19.5 Å². The fourth-order valence-corrected chi connectivity index (χ4v) is 6.32. The fourth-order valence-electron chi connectivity index (χ4n) is 4.90. The number of amides is 2. The van der Waals surface area contributed by atoms with Gasteiger partial charge in [0.05, 0.1) is 11.3 Å². The molecule has 0 saturated carbocycles. The van der Waals surface area contributed by atoms with E-state index in [1.165, 1.54) is 24.4 Å². The fraction of sp³-hybridized carbons (Fsp3) is 0.233. The van der Waals surface area contributed by atoms with E-state index in [1.807, 2.05) is 30.3 Å². The van der Waals surface area contributed by atoms with Gasteiger partial charge in [0.2, 0.25) is 21.8 Å². The van der Waals surface area contributed by atoms with Gasteiger partial charge in [0.1, 0.15) is 11.8 Å². The number of piperazine rings is 1. The van der Waals surface area contributed by atoms with E-state index in [-0.39, 0.29) is 28.9 Å². The number of benzene rings is 3. The molecule has 1 fully saturated rings. The molecule has 0 spiro atoms. The molecule has 1 atom stereocenters. The molecule has 3 aromatic carbocycles. The number of fused-ring (bicyclic) bond motifs is 1. The summed E-state index contributed by atoms with van der Waals surface area (Å²) in [7, 11) is -4.10. The Morgan fingerprint density at radius 1 is 0.850 bits per heavy atom. The van der Waals surface area contributed by atoms with Gasteiger partial charge in [0, 0.05) is 49.3 Å². The minimum absolute atomic E-state index is 0.00918. The van der Waals surface area contributed by atoms with E-state index in [9.17, 15) is 23.1 Å². The Morgan fingerprint density at radius 2 is 1.55 bits per heavy atom. The number of phenolic OH excluding ortho intramolecular Hbond substituents is 1. The van der Waals surface area contributed by atoms with Gasteiger partial charge in [-0.1, -0.05) is 54.6 Å². The molecular formula is C30H30N4O5S. The molecular weight excluding hydrogens is 528 g/mol. The summed E-state index contributed by atoms with van der Waals surface area (Å²) in [5, 5.41) is 10.9. The van der Waals surface area contributed by atoms with Gasteiger partial charge in [0.25, 0.3) is 0 Å². The molecule has 10 heteroatoms. The van der Waals surface area contributed by atoms with Crippen LogP contribution in [0.15, 0.2) is 96.2 Å². The Hall–Kier alpha value is -4.28. The van der Waals surface area contributed by atoms with Crippen LogP contribution in [0.1, 0.15) is 11.1 Å². The lowest BCUT2D eigenvalue weighted by Gasteiger charge is -2.36. The SMILES string of the molecule is O=C(Cc1ccccc1)N1CCN(C(=O)C(Cc2ccc(O)cc2)NS(=O)(=O)c2cccc3cnccc23)CC1. The summed E-state index contributed by atoms with van der Waals surface area (Å²) in [4.78, 5) is 34.0. The number of hydrogen-bond acceptors (Lipinski definition) is 6. The molecule has 1 aliphatic heterocycles. The second-order valence-corrected chi connectivity index (χ2v) is 11.4. The molecule has 9 nitrogen and oxygen atoms in total. The van der Waals surface area contributed by atoms with Crippen LogP contribution < -0.4 is 4.72 Å². The van der Waals surface area contributed by atoms with Crippen molar-refractivity contribution in [2.45, 2.75) is 23.8 Å². The highest BCUT2D eigenvalue weighted by Gasteiger charge is 2.32. The van der Waals surface area contributed by atoms with Crippen molar-refractivity contribution in [2.24, 2.45) is 0 Å². The van der Waals surface area contributed by atoms with Gasteiger partial charge < -0.3 is 14.9 Å². The predicted octanol–water partition coefficient (Wildman–Crippen LogP) is 2.74. The Balaban J connectivity index is 1.33. The first kappa shape index (κ1) is 27.3. The lowest BCUT2D eigenvalue weighted by molar-refractivity contribution is -0.140. The molecule has 2 heterocycles. The first-order valence-corrected chi connectivity index (χ1v) is 14.5. The summed E-state index contributed by atoms with van der Waals surface area (Å²) in [6.07, 6.45) is 3.50. The Morgan fingerprint density at radius 3 is 2.27 bits per heavy atom. The van der Waals surface area contributed by atoms with Gasteiger partial charge in [-0.05, 0) is 41.8 Å². The minimum atomic E-state index is -4.10. The number of aromatic nitrogens is 1. The average Bonchev–Trinajstić information content (AvgIpc) is 2.97. The summed E-state index contributed by atoms with van der Waals surface area (Å²) in [6, 6.07) is 21.3. The first-order chi connectivity index (χ1) is 19.3. The van der Waals surface area contributed by atoms with Gasteiger partial charge in [0.15, 0.2) is 0 Å². The lowest BCUT2D eigenvalue weighted by Crippen LogP contribution is -2.56. The Labute approximate surface area is 233 Å². The van der Waals surface area contributed by atoms with Crippen molar-refractivity contribution in [3.8, 4) is 5.75 Å². The Bertz CT molecular complexity index is 1600. The van der Waals surface area contributed by atoms with Crippen LogP contribution in [-0.4, -0.2) is 72.3 Å².